The lowest BCUT2D eigenvalue weighted by molar-refractivity contribution is -0.117. The summed E-state index contributed by atoms with van der Waals surface area (Å²) >= 11 is 6.15. The highest BCUT2D eigenvalue weighted by atomic mass is 35.5. The third kappa shape index (κ3) is 2.79. The van der Waals surface area contributed by atoms with Gasteiger partial charge in [-0.15, -0.1) is 11.6 Å². The molecule has 2 rings (SSSR count). The van der Waals surface area contributed by atoms with E-state index in [2.05, 4.69) is 45.9 Å². The van der Waals surface area contributed by atoms with Gasteiger partial charge in [0.05, 0.1) is 11.1 Å². The van der Waals surface area contributed by atoms with Crippen LogP contribution in [0.3, 0.4) is 0 Å². The normalized spacial score (nSPS) is 19.8. The van der Waals surface area contributed by atoms with Crippen LogP contribution in [-0.2, 0) is 4.79 Å². The fourth-order valence-corrected chi connectivity index (χ4v) is 2.97. The largest absolute Gasteiger partial charge is 0.310 e. The molecule has 1 aromatic carbocycles. The van der Waals surface area contributed by atoms with Gasteiger partial charge < -0.3 is 4.90 Å². The maximum absolute atomic E-state index is 12.2. The predicted octanol–water partition coefficient (Wildman–Crippen LogP) is 4.28. The van der Waals surface area contributed by atoms with Crippen molar-refractivity contribution in [1.29, 1.82) is 0 Å². The van der Waals surface area contributed by atoms with Crippen LogP contribution in [-0.4, -0.2) is 17.8 Å². The summed E-state index contributed by atoms with van der Waals surface area (Å²) in [5, 5.41) is -0.0623. The molecule has 19 heavy (non-hydrogen) atoms. The van der Waals surface area contributed by atoms with Crippen molar-refractivity contribution in [2.24, 2.45) is 0 Å². The molecule has 0 N–H and O–H groups in total. The molecule has 0 bridgehead atoms. The second-order valence-corrected chi connectivity index (χ2v) is 6.52. The number of benzene rings is 1. The van der Waals surface area contributed by atoms with Crippen LogP contribution in [0.2, 0.25) is 0 Å². The van der Waals surface area contributed by atoms with E-state index in [0.29, 0.717) is 24.8 Å². The van der Waals surface area contributed by atoms with Crippen LogP contribution < -0.4 is 4.90 Å². The molecule has 1 aliphatic heterocycles. The van der Waals surface area contributed by atoms with E-state index in [1.54, 1.807) is 0 Å². The lowest BCUT2D eigenvalue weighted by Crippen LogP contribution is -2.27. The molecular formula is C16H22ClNO. The van der Waals surface area contributed by atoms with Gasteiger partial charge in [-0.1, -0.05) is 45.9 Å². The molecule has 1 aliphatic rings. The van der Waals surface area contributed by atoms with Gasteiger partial charge in [-0.05, 0) is 23.0 Å². The Kier molecular flexibility index (Phi) is 4.19. The minimum Gasteiger partial charge on any atom is -0.310 e. The average Bonchev–Trinajstić information content (AvgIpc) is 2.67. The highest BCUT2D eigenvalue weighted by molar-refractivity contribution is 6.24. The van der Waals surface area contributed by atoms with Crippen LogP contribution >= 0.6 is 11.6 Å². The highest BCUT2D eigenvalue weighted by Gasteiger charge is 2.32. The zero-order valence-electron chi connectivity index (χ0n) is 12.1. The Balaban J connectivity index is 2.55. The fraction of sp³-hybridized carbons (Fsp3) is 0.562. The van der Waals surface area contributed by atoms with Crippen LogP contribution in [0.4, 0.5) is 5.69 Å². The molecule has 104 valence electrons. The van der Waals surface area contributed by atoms with Crippen molar-refractivity contribution >= 4 is 23.2 Å². The zero-order valence-corrected chi connectivity index (χ0v) is 12.9. The second-order valence-electron chi connectivity index (χ2n) is 5.90. The van der Waals surface area contributed by atoms with Gasteiger partial charge in [0.25, 0.3) is 0 Å². The number of amides is 1. The summed E-state index contributed by atoms with van der Waals surface area (Å²) in [4.78, 5) is 14.1. The first-order valence-corrected chi connectivity index (χ1v) is 7.42. The first-order chi connectivity index (χ1) is 8.91. The lowest BCUT2D eigenvalue weighted by atomic mass is 9.92. The van der Waals surface area contributed by atoms with E-state index >= 15 is 0 Å². The van der Waals surface area contributed by atoms with E-state index in [1.807, 2.05) is 4.90 Å². The Bertz CT molecular complexity index is 455. The summed E-state index contributed by atoms with van der Waals surface area (Å²) in [5.74, 6) is 0.946. The van der Waals surface area contributed by atoms with Gasteiger partial charge in [-0.2, -0.15) is 0 Å². The van der Waals surface area contributed by atoms with E-state index in [9.17, 15) is 4.79 Å². The molecule has 1 fully saturated rings. The number of hydrogen-bond donors (Lipinski definition) is 0. The molecule has 1 aromatic rings. The molecular weight excluding hydrogens is 258 g/mol. The van der Waals surface area contributed by atoms with Crippen molar-refractivity contribution in [3.8, 4) is 0 Å². The van der Waals surface area contributed by atoms with Gasteiger partial charge in [0.1, 0.15) is 0 Å². The summed E-state index contributed by atoms with van der Waals surface area (Å²) in [7, 11) is 0. The van der Waals surface area contributed by atoms with E-state index in [-0.39, 0.29) is 11.3 Å². The Morgan fingerprint density at radius 2 is 1.68 bits per heavy atom. The van der Waals surface area contributed by atoms with Gasteiger partial charge in [-0.25, -0.2) is 0 Å². The van der Waals surface area contributed by atoms with Gasteiger partial charge >= 0.3 is 0 Å². The van der Waals surface area contributed by atoms with Crippen LogP contribution in [0.25, 0.3) is 0 Å². The Morgan fingerprint density at radius 1 is 1.16 bits per heavy atom. The van der Waals surface area contributed by atoms with Crippen LogP contribution in [0, 0.1) is 0 Å². The molecule has 0 aromatic heterocycles. The number of carbonyl (C=O) groups excluding carboxylic acids is 1. The predicted molar refractivity (Wildman–Crippen MR) is 81.2 cm³/mol. The number of nitrogens with zero attached hydrogens (tertiary/aromatic N) is 1. The molecule has 0 radical (unpaired) electrons. The average molecular weight is 280 g/mol. The summed E-state index contributed by atoms with van der Waals surface area (Å²) < 4.78 is 0. The molecule has 0 aliphatic carbocycles. The van der Waals surface area contributed by atoms with Crippen LogP contribution in [0.5, 0.6) is 0 Å². The summed E-state index contributed by atoms with van der Waals surface area (Å²) in [5.41, 5.74) is 3.58. The van der Waals surface area contributed by atoms with Gasteiger partial charge in [0.2, 0.25) is 5.91 Å². The van der Waals surface area contributed by atoms with E-state index in [4.69, 9.17) is 11.6 Å². The van der Waals surface area contributed by atoms with E-state index in [1.165, 1.54) is 11.1 Å². The number of rotatable bonds is 3. The van der Waals surface area contributed by atoms with Crippen molar-refractivity contribution in [3.63, 3.8) is 0 Å². The topological polar surface area (TPSA) is 20.3 Å². The van der Waals surface area contributed by atoms with E-state index in [0.717, 1.165) is 5.69 Å². The number of carbonyl (C=O) groups is 1. The molecule has 1 saturated heterocycles. The smallest absolute Gasteiger partial charge is 0.228 e. The molecule has 1 amide bonds. The Morgan fingerprint density at radius 3 is 2.05 bits per heavy atom. The van der Waals surface area contributed by atoms with Crippen LogP contribution in [0.15, 0.2) is 18.2 Å². The molecule has 0 spiro atoms. The first-order valence-electron chi connectivity index (χ1n) is 6.99. The Hall–Kier alpha value is -1.02. The molecule has 1 heterocycles. The van der Waals surface area contributed by atoms with Crippen molar-refractivity contribution in [3.05, 3.63) is 29.3 Å². The maximum atomic E-state index is 12.2. The number of anilines is 1. The minimum absolute atomic E-state index is 0.0623. The van der Waals surface area contributed by atoms with Crippen molar-refractivity contribution < 1.29 is 4.79 Å². The second kappa shape index (κ2) is 5.54. The number of hydrogen-bond acceptors (Lipinski definition) is 1. The number of para-hydroxylation sites is 1. The molecule has 1 atom stereocenters. The summed E-state index contributed by atoms with van der Waals surface area (Å²) in [6.45, 7) is 9.30. The molecule has 3 heteroatoms. The zero-order chi connectivity index (χ0) is 14.2. The van der Waals surface area contributed by atoms with Gasteiger partial charge in [0.15, 0.2) is 0 Å². The van der Waals surface area contributed by atoms with Crippen molar-refractivity contribution in [2.45, 2.75) is 51.3 Å². The van der Waals surface area contributed by atoms with Gasteiger partial charge in [0, 0.05) is 13.0 Å². The standard InChI is InChI=1S/C16H22ClNO/c1-10(2)13-6-5-7-14(11(3)4)16(13)18-9-12(17)8-15(18)19/h5-7,10-12H,8-9H2,1-4H3. The monoisotopic (exact) mass is 279 g/mol. The van der Waals surface area contributed by atoms with Crippen LogP contribution in [0.1, 0.15) is 57.1 Å². The number of alkyl halides is 1. The molecule has 2 nitrogen and oxygen atoms in total. The fourth-order valence-electron chi connectivity index (χ4n) is 2.70. The van der Waals surface area contributed by atoms with E-state index < -0.39 is 0 Å². The lowest BCUT2D eigenvalue weighted by Gasteiger charge is -2.26. The Labute approximate surface area is 120 Å². The molecule has 1 unspecified atom stereocenters. The molecule has 0 saturated carbocycles. The van der Waals surface area contributed by atoms with Crippen molar-refractivity contribution in [1.82, 2.24) is 0 Å². The van der Waals surface area contributed by atoms with Crippen molar-refractivity contribution in [2.75, 3.05) is 11.4 Å². The summed E-state index contributed by atoms with van der Waals surface area (Å²) in [6, 6.07) is 6.34. The quantitative estimate of drug-likeness (QED) is 0.757. The SMILES string of the molecule is CC(C)c1cccc(C(C)C)c1N1CC(Cl)CC1=O. The first kappa shape index (κ1) is 14.4. The minimum atomic E-state index is -0.0623. The highest BCUT2D eigenvalue weighted by Crippen LogP contribution is 2.37. The summed E-state index contributed by atoms with van der Waals surface area (Å²) in [6.07, 6.45) is 0.450. The maximum Gasteiger partial charge on any atom is 0.228 e. The third-order valence-electron chi connectivity index (χ3n) is 3.69. The third-order valence-corrected chi connectivity index (χ3v) is 3.98. The van der Waals surface area contributed by atoms with Gasteiger partial charge in [-0.3, -0.25) is 4.79 Å². The number of halogens is 1.